The lowest BCUT2D eigenvalue weighted by atomic mass is 10.2. The molecule has 0 spiro atoms. The summed E-state index contributed by atoms with van der Waals surface area (Å²) in [6.45, 7) is 0. The summed E-state index contributed by atoms with van der Waals surface area (Å²) < 4.78 is 49.1. The van der Waals surface area contributed by atoms with Crippen LogP contribution in [0.5, 0.6) is 0 Å². The summed E-state index contributed by atoms with van der Waals surface area (Å²) in [5.41, 5.74) is 0.354. The Hall–Kier alpha value is -1.45. The topological polar surface area (TPSA) is 101 Å². The van der Waals surface area contributed by atoms with E-state index < -0.39 is 25.9 Å². The van der Waals surface area contributed by atoms with Crippen molar-refractivity contribution in [1.82, 2.24) is 9.62 Å². The van der Waals surface area contributed by atoms with E-state index >= 15 is 0 Å². The number of nitrogens with zero attached hydrogens (tertiary/aromatic N) is 1. The summed E-state index contributed by atoms with van der Waals surface area (Å²) in [7, 11) is -4.08. The molecule has 0 aliphatic carbocycles. The molecule has 2 rings (SSSR count). The van der Waals surface area contributed by atoms with Crippen molar-refractivity contribution in [3.8, 4) is 0 Å². The van der Waals surface area contributed by atoms with Crippen LogP contribution in [-0.2, 0) is 19.9 Å². The van der Waals surface area contributed by atoms with Crippen molar-refractivity contribution in [2.24, 2.45) is 0 Å². The number of sulfonamides is 1. The first kappa shape index (κ1) is 16.9. The molecule has 1 saturated heterocycles. The molecule has 0 saturated carbocycles. The fourth-order valence-corrected chi connectivity index (χ4v) is 5.60. The SMILES string of the molecule is CNC(=O)c1ccc(S(=O)(=O)N(C)C2CCS(=O)(=O)C2)cc1. The fourth-order valence-electron chi connectivity index (χ4n) is 2.35. The Balaban J connectivity index is 2.25. The smallest absolute Gasteiger partial charge is 0.251 e. The first-order valence-electron chi connectivity index (χ1n) is 6.68. The number of sulfone groups is 1. The zero-order valence-corrected chi connectivity index (χ0v) is 13.9. The van der Waals surface area contributed by atoms with Crippen LogP contribution in [0.3, 0.4) is 0 Å². The zero-order chi connectivity index (χ0) is 16.5. The summed E-state index contributed by atoms with van der Waals surface area (Å²) in [5, 5.41) is 2.45. The number of carbonyl (C=O) groups excluding carboxylic acids is 1. The zero-order valence-electron chi connectivity index (χ0n) is 12.3. The molecule has 1 aromatic rings. The van der Waals surface area contributed by atoms with Gasteiger partial charge < -0.3 is 5.32 Å². The van der Waals surface area contributed by atoms with Gasteiger partial charge in [0.05, 0.1) is 16.4 Å². The van der Waals surface area contributed by atoms with E-state index in [-0.39, 0.29) is 22.3 Å². The fraction of sp³-hybridized carbons (Fsp3) is 0.462. The van der Waals surface area contributed by atoms with Crippen molar-refractivity contribution in [3.63, 3.8) is 0 Å². The average Bonchev–Trinajstić information content (AvgIpc) is 2.85. The lowest BCUT2D eigenvalue weighted by molar-refractivity contribution is 0.0963. The molecule has 0 aromatic heterocycles. The standard InChI is InChI=1S/C13H18N2O5S2/c1-14-13(16)10-3-5-12(6-4-10)22(19,20)15(2)11-7-8-21(17,18)9-11/h3-6,11H,7-9H2,1-2H3,(H,14,16). The lowest BCUT2D eigenvalue weighted by Gasteiger charge is -2.22. The van der Waals surface area contributed by atoms with Gasteiger partial charge in [-0.05, 0) is 30.7 Å². The maximum Gasteiger partial charge on any atom is 0.251 e. The van der Waals surface area contributed by atoms with Gasteiger partial charge in [-0.1, -0.05) is 0 Å². The molecule has 1 amide bonds. The number of rotatable bonds is 4. The second-order valence-corrected chi connectivity index (χ2v) is 9.41. The van der Waals surface area contributed by atoms with E-state index in [9.17, 15) is 21.6 Å². The van der Waals surface area contributed by atoms with Gasteiger partial charge in [0.1, 0.15) is 0 Å². The Morgan fingerprint density at radius 3 is 2.32 bits per heavy atom. The molecule has 1 aliphatic rings. The van der Waals surface area contributed by atoms with Gasteiger partial charge in [-0.2, -0.15) is 4.31 Å². The molecule has 22 heavy (non-hydrogen) atoms. The van der Waals surface area contributed by atoms with Crippen LogP contribution in [0.1, 0.15) is 16.8 Å². The second kappa shape index (κ2) is 5.98. The molecule has 122 valence electrons. The molecule has 1 aliphatic heterocycles. The quantitative estimate of drug-likeness (QED) is 0.817. The highest BCUT2D eigenvalue weighted by molar-refractivity contribution is 7.92. The van der Waals surface area contributed by atoms with Gasteiger partial charge in [0.2, 0.25) is 10.0 Å². The van der Waals surface area contributed by atoms with Gasteiger partial charge in [-0.15, -0.1) is 0 Å². The molecule has 1 unspecified atom stereocenters. The first-order valence-corrected chi connectivity index (χ1v) is 9.94. The first-order chi connectivity index (χ1) is 10.2. The molecular formula is C13H18N2O5S2. The number of nitrogens with one attached hydrogen (secondary N) is 1. The summed E-state index contributed by atoms with van der Waals surface area (Å²) in [6, 6.07) is 4.99. The lowest BCUT2D eigenvalue weighted by Crippen LogP contribution is -2.37. The minimum atomic E-state index is -3.78. The third-order valence-electron chi connectivity index (χ3n) is 3.74. The summed E-state index contributed by atoms with van der Waals surface area (Å²) in [6.07, 6.45) is 0.300. The Kier molecular flexibility index (Phi) is 4.59. The minimum Gasteiger partial charge on any atom is -0.355 e. The predicted molar refractivity (Wildman–Crippen MR) is 81.8 cm³/mol. The Morgan fingerprint density at radius 1 is 1.27 bits per heavy atom. The van der Waals surface area contributed by atoms with E-state index in [1.807, 2.05) is 0 Å². The van der Waals surface area contributed by atoms with E-state index in [1.165, 1.54) is 38.4 Å². The maximum atomic E-state index is 12.5. The second-order valence-electron chi connectivity index (χ2n) is 5.18. The molecule has 9 heteroatoms. The number of carbonyl (C=O) groups is 1. The van der Waals surface area contributed by atoms with Crippen molar-refractivity contribution in [3.05, 3.63) is 29.8 Å². The van der Waals surface area contributed by atoms with E-state index in [0.29, 0.717) is 12.0 Å². The van der Waals surface area contributed by atoms with Crippen LogP contribution in [-0.4, -0.2) is 58.7 Å². The largest absolute Gasteiger partial charge is 0.355 e. The van der Waals surface area contributed by atoms with Crippen LogP contribution in [0.2, 0.25) is 0 Å². The Morgan fingerprint density at radius 2 is 1.86 bits per heavy atom. The number of hydrogen-bond donors (Lipinski definition) is 1. The number of amides is 1. The van der Waals surface area contributed by atoms with Crippen molar-refractivity contribution in [2.75, 3.05) is 25.6 Å². The van der Waals surface area contributed by atoms with Crippen LogP contribution >= 0.6 is 0 Å². The highest BCUT2D eigenvalue weighted by Crippen LogP contribution is 2.23. The van der Waals surface area contributed by atoms with Crippen LogP contribution in [0, 0.1) is 0 Å². The molecule has 0 bridgehead atoms. The third-order valence-corrected chi connectivity index (χ3v) is 7.42. The summed E-state index contributed by atoms with van der Waals surface area (Å²) in [5.74, 6) is -0.453. The van der Waals surface area contributed by atoms with Gasteiger partial charge in [0, 0.05) is 25.7 Å². The number of hydrogen-bond acceptors (Lipinski definition) is 5. The summed E-state index contributed by atoms with van der Waals surface area (Å²) >= 11 is 0. The predicted octanol–water partition coefficient (Wildman–Crippen LogP) is -0.146. The molecule has 1 heterocycles. The van der Waals surface area contributed by atoms with E-state index in [0.717, 1.165) is 4.31 Å². The molecule has 1 atom stereocenters. The molecular weight excluding hydrogens is 328 g/mol. The molecule has 7 nitrogen and oxygen atoms in total. The molecule has 1 aromatic carbocycles. The van der Waals surface area contributed by atoms with Gasteiger partial charge in [-0.25, -0.2) is 16.8 Å². The van der Waals surface area contributed by atoms with Crippen molar-refractivity contribution in [1.29, 1.82) is 0 Å². The van der Waals surface area contributed by atoms with Crippen LogP contribution in [0.25, 0.3) is 0 Å². The van der Waals surface area contributed by atoms with Crippen molar-refractivity contribution < 1.29 is 21.6 Å². The Bertz CT molecular complexity index is 769. The van der Waals surface area contributed by atoms with Gasteiger partial charge in [0.25, 0.3) is 5.91 Å². The minimum absolute atomic E-state index is 0.00708. The average molecular weight is 346 g/mol. The normalized spacial score (nSPS) is 21.0. The third kappa shape index (κ3) is 3.31. The van der Waals surface area contributed by atoms with Gasteiger partial charge >= 0.3 is 0 Å². The van der Waals surface area contributed by atoms with Gasteiger partial charge in [-0.3, -0.25) is 4.79 Å². The number of benzene rings is 1. The van der Waals surface area contributed by atoms with Crippen molar-refractivity contribution >= 4 is 25.8 Å². The molecule has 1 fully saturated rings. The van der Waals surface area contributed by atoms with E-state index in [4.69, 9.17) is 0 Å². The maximum absolute atomic E-state index is 12.5. The highest BCUT2D eigenvalue weighted by Gasteiger charge is 2.36. The van der Waals surface area contributed by atoms with E-state index in [1.54, 1.807) is 0 Å². The van der Waals surface area contributed by atoms with E-state index in [2.05, 4.69) is 5.32 Å². The van der Waals surface area contributed by atoms with Crippen LogP contribution < -0.4 is 5.32 Å². The summed E-state index contributed by atoms with van der Waals surface area (Å²) in [4.78, 5) is 11.5. The molecule has 1 N–H and O–H groups in total. The van der Waals surface area contributed by atoms with Crippen LogP contribution in [0.15, 0.2) is 29.2 Å². The van der Waals surface area contributed by atoms with Gasteiger partial charge in [0.15, 0.2) is 9.84 Å². The monoisotopic (exact) mass is 346 g/mol. The Labute approximate surface area is 130 Å². The van der Waals surface area contributed by atoms with Crippen molar-refractivity contribution in [2.45, 2.75) is 17.4 Å². The molecule has 0 radical (unpaired) electrons. The highest BCUT2D eigenvalue weighted by atomic mass is 32.2. The van der Waals surface area contributed by atoms with Crippen LogP contribution in [0.4, 0.5) is 0 Å².